The van der Waals surface area contributed by atoms with Crippen molar-refractivity contribution >= 4 is 0 Å². The third-order valence-electron chi connectivity index (χ3n) is 4.16. The highest BCUT2D eigenvalue weighted by Gasteiger charge is 2.45. The van der Waals surface area contributed by atoms with Crippen LogP contribution in [0, 0.1) is 5.92 Å². The molecule has 0 aromatic rings. The molecular formula is C13H29N3. The first-order chi connectivity index (χ1) is 7.56. The van der Waals surface area contributed by atoms with Crippen LogP contribution in [-0.2, 0) is 0 Å². The van der Waals surface area contributed by atoms with Gasteiger partial charge in [0.25, 0.3) is 0 Å². The zero-order valence-corrected chi connectivity index (χ0v) is 11.5. The van der Waals surface area contributed by atoms with Crippen molar-refractivity contribution in [3.05, 3.63) is 0 Å². The van der Waals surface area contributed by atoms with Crippen LogP contribution in [0.15, 0.2) is 0 Å². The first kappa shape index (κ1) is 13.9. The van der Waals surface area contributed by atoms with Crippen LogP contribution >= 0.6 is 0 Å². The monoisotopic (exact) mass is 227 g/mol. The van der Waals surface area contributed by atoms with Crippen molar-refractivity contribution < 1.29 is 0 Å². The second-order valence-electron chi connectivity index (χ2n) is 5.51. The molecule has 0 aromatic heterocycles. The molecule has 1 aliphatic carbocycles. The van der Waals surface area contributed by atoms with Crippen LogP contribution in [0.3, 0.4) is 0 Å². The number of likely N-dealkylation sites (N-methyl/N-ethyl adjacent to an activating group) is 1. The quantitative estimate of drug-likeness (QED) is 0.680. The van der Waals surface area contributed by atoms with Crippen molar-refractivity contribution in [2.24, 2.45) is 11.7 Å². The van der Waals surface area contributed by atoms with E-state index in [2.05, 4.69) is 37.9 Å². The van der Waals surface area contributed by atoms with Gasteiger partial charge in [-0.15, -0.1) is 0 Å². The molecule has 1 unspecified atom stereocenters. The Morgan fingerprint density at radius 3 is 2.19 bits per heavy atom. The molecule has 0 heterocycles. The minimum Gasteiger partial charge on any atom is -0.329 e. The largest absolute Gasteiger partial charge is 0.329 e. The molecule has 0 amide bonds. The molecule has 0 aliphatic heterocycles. The van der Waals surface area contributed by atoms with Gasteiger partial charge in [-0.05, 0) is 65.8 Å². The van der Waals surface area contributed by atoms with E-state index in [1.807, 2.05) is 0 Å². The average molecular weight is 227 g/mol. The van der Waals surface area contributed by atoms with Crippen LogP contribution in [0.5, 0.6) is 0 Å². The third-order valence-corrected chi connectivity index (χ3v) is 4.16. The molecule has 1 saturated carbocycles. The van der Waals surface area contributed by atoms with E-state index >= 15 is 0 Å². The second-order valence-corrected chi connectivity index (χ2v) is 5.51. The van der Waals surface area contributed by atoms with Gasteiger partial charge in [-0.1, -0.05) is 6.92 Å². The Morgan fingerprint density at radius 2 is 1.81 bits per heavy atom. The summed E-state index contributed by atoms with van der Waals surface area (Å²) >= 11 is 0. The van der Waals surface area contributed by atoms with Crippen molar-refractivity contribution in [2.75, 3.05) is 40.8 Å². The van der Waals surface area contributed by atoms with Gasteiger partial charge < -0.3 is 10.6 Å². The Labute approximate surface area is 101 Å². The fourth-order valence-corrected chi connectivity index (χ4v) is 2.80. The first-order valence-electron chi connectivity index (χ1n) is 6.63. The van der Waals surface area contributed by atoms with Gasteiger partial charge in [0, 0.05) is 12.1 Å². The summed E-state index contributed by atoms with van der Waals surface area (Å²) in [5, 5.41) is 0. The smallest absolute Gasteiger partial charge is 0.0354 e. The molecule has 96 valence electrons. The Kier molecular flexibility index (Phi) is 5.22. The molecule has 3 nitrogen and oxygen atoms in total. The van der Waals surface area contributed by atoms with Crippen LogP contribution in [0.4, 0.5) is 0 Å². The standard InChI is InChI=1S/C13H29N3/c1-5-13(11-14,12-7-8-12)16(4)10-6-9-15(2)3/h12H,5-11,14H2,1-4H3. The second kappa shape index (κ2) is 5.99. The SMILES string of the molecule is CCC(CN)(C1CC1)N(C)CCCN(C)C. The normalized spacial score (nSPS) is 20.4. The molecule has 1 rings (SSSR count). The molecule has 0 spiro atoms. The van der Waals surface area contributed by atoms with Gasteiger partial charge in [-0.2, -0.15) is 0 Å². The van der Waals surface area contributed by atoms with Crippen LogP contribution in [0.2, 0.25) is 0 Å². The van der Waals surface area contributed by atoms with Crippen molar-refractivity contribution in [1.29, 1.82) is 0 Å². The van der Waals surface area contributed by atoms with E-state index in [-0.39, 0.29) is 5.54 Å². The minimum atomic E-state index is 0.284. The van der Waals surface area contributed by atoms with Gasteiger partial charge in [-0.3, -0.25) is 4.90 Å². The minimum absolute atomic E-state index is 0.284. The van der Waals surface area contributed by atoms with Crippen LogP contribution < -0.4 is 5.73 Å². The first-order valence-corrected chi connectivity index (χ1v) is 6.63. The number of rotatable bonds is 8. The molecule has 0 bridgehead atoms. The highest BCUT2D eigenvalue weighted by Crippen LogP contribution is 2.44. The highest BCUT2D eigenvalue weighted by atomic mass is 15.2. The van der Waals surface area contributed by atoms with Gasteiger partial charge in [0.15, 0.2) is 0 Å². The molecule has 3 heteroatoms. The van der Waals surface area contributed by atoms with Gasteiger partial charge in [0.2, 0.25) is 0 Å². The zero-order valence-electron chi connectivity index (χ0n) is 11.5. The Bertz CT molecular complexity index is 195. The summed E-state index contributed by atoms with van der Waals surface area (Å²) in [6.07, 6.45) is 5.18. The summed E-state index contributed by atoms with van der Waals surface area (Å²) in [5.41, 5.74) is 6.32. The average Bonchev–Trinajstić information content (AvgIpc) is 3.04. The fourth-order valence-electron chi connectivity index (χ4n) is 2.80. The molecular weight excluding hydrogens is 198 g/mol. The van der Waals surface area contributed by atoms with Crippen LogP contribution in [0.1, 0.15) is 32.6 Å². The van der Waals surface area contributed by atoms with Gasteiger partial charge in [-0.25, -0.2) is 0 Å². The van der Waals surface area contributed by atoms with Crippen molar-refractivity contribution in [1.82, 2.24) is 9.80 Å². The lowest BCUT2D eigenvalue weighted by Gasteiger charge is -2.41. The summed E-state index contributed by atoms with van der Waals surface area (Å²) in [4.78, 5) is 4.77. The number of hydrogen-bond donors (Lipinski definition) is 1. The van der Waals surface area contributed by atoms with Crippen LogP contribution in [-0.4, -0.2) is 56.1 Å². The Morgan fingerprint density at radius 1 is 1.19 bits per heavy atom. The molecule has 2 N–H and O–H groups in total. The van der Waals surface area contributed by atoms with E-state index in [0.29, 0.717) is 0 Å². The summed E-state index contributed by atoms with van der Waals surface area (Å²) in [6, 6.07) is 0. The van der Waals surface area contributed by atoms with E-state index in [9.17, 15) is 0 Å². The highest BCUT2D eigenvalue weighted by molar-refractivity contribution is 5.01. The van der Waals surface area contributed by atoms with E-state index in [1.54, 1.807) is 0 Å². The summed E-state index contributed by atoms with van der Waals surface area (Å²) in [6.45, 7) is 5.43. The molecule has 0 radical (unpaired) electrons. The van der Waals surface area contributed by atoms with Gasteiger partial charge in [0.1, 0.15) is 0 Å². The summed E-state index contributed by atoms with van der Waals surface area (Å²) in [7, 11) is 6.53. The molecule has 0 aromatic carbocycles. The maximum absolute atomic E-state index is 6.04. The number of nitrogens with two attached hydrogens (primary N) is 1. The predicted octanol–water partition coefficient (Wildman–Crippen LogP) is 1.39. The molecule has 1 aliphatic rings. The van der Waals surface area contributed by atoms with E-state index in [0.717, 1.165) is 12.5 Å². The fraction of sp³-hybridized carbons (Fsp3) is 1.00. The van der Waals surface area contributed by atoms with E-state index < -0.39 is 0 Å². The zero-order chi connectivity index (χ0) is 12.2. The van der Waals surface area contributed by atoms with Gasteiger partial charge >= 0.3 is 0 Å². The third kappa shape index (κ3) is 3.19. The van der Waals surface area contributed by atoms with E-state index in [1.165, 1.54) is 38.8 Å². The lowest BCUT2D eigenvalue weighted by Crippen LogP contribution is -2.54. The molecule has 16 heavy (non-hydrogen) atoms. The van der Waals surface area contributed by atoms with Crippen molar-refractivity contribution in [3.8, 4) is 0 Å². The molecule has 1 fully saturated rings. The number of hydrogen-bond acceptors (Lipinski definition) is 3. The van der Waals surface area contributed by atoms with Crippen molar-refractivity contribution in [2.45, 2.75) is 38.1 Å². The van der Waals surface area contributed by atoms with Gasteiger partial charge in [0.05, 0.1) is 0 Å². The lowest BCUT2D eigenvalue weighted by molar-refractivity contribution is 0.0929. The molecule has 0 saturated heterocycles. The van der Waals surface area contributed by atoms with Crippen LogP contribution in [0.25, 0.3) is 0 Å². The Balaban J connectivity index is 2.44. The molecule has 1 atom stereocenters. The number of nitrogens with zero attached hydrogens (tertiary/aromatic N) is 2. The van der Waals surface area contributed by atoms with Crippen molar-refractivity contribution in [3.63, 3.8) is 0 Å². The maximum atomic E-state index is 6.04. The topological polar surface area (TPSA) is 32.5 Å². The predicted molar refractivity (Wildman–Crippen MR) is 70.6 cm³/mol. The lowest BCUT2D eigenvalue weighted by atomic mass is 9.88. The maximum Gasteiger partial charge on any atom is 0.0354 e. The summed E-state index contributed by atoms with van der Waals surface area (Å²) in [5.74, 6) is 0.854. The van der Waals surface area contributed by atoms with E-state index in [4.69, 9.17) is 5.73 Å². The summed E-state index contributed by atoms with van der Waals surface area (Å²) < 4.78 is 0. The Hall–Kier alpha value is -0.120.